The second-order valence-electron chi connectivity index (χ2n) is 26.3. The Balaban J connectivity index is 0.0000174. The molecule has 0 aliphatic carbocycles. The summed E-state index contributed by atoms with van der Waals surface area (Å²) in [5.41, 5.74) is 8.54. The molecule has 112 heavy (non-hydrogen) atoms. The van der Waals surface area contributed by atoms with E-state index in [-0.39, 0.29) is 180 Å². The van der Waals surface area contributed by atoms with Crippen molar-refractivity contribution in [1.82, 2.24) is 25.8 Å². The minimum absolute atomic E-state index is 0. The SMILES string of the molecule is CC(C)C(NC(=O)CCOCOCCOCCOCCOCCOCCOCCNC(=O)C[S-])C(=O)C[C@@H](CCCNC(N)=O)C(=O)Nc1ccc(COC(=O)N(C)CCN(C)C(=O)Oc2cc3c(c4ccccc24)C(CCl)CN3C(=O)c2ccc(C(=O)N3CC(CCl)c4c3cc(OP(=O)(O)O)c3ccccc43)s2)cc1.[Y]. The number of anilines is 3. The van der Waals surface area contributed by atoms with Gasteiger partial charge in [-0.1, -0.05) is 80.3 Å². The van der Waals surface area contributed by atoms with Crippen LogP contribution >= 0.6 is 42.4 Å². The Kier molecular flexibility index (Phi) is 38.6. The van der Waals surface area contributed by atoms with Gasteiger partial charge in [-0.05, 0) is 70.5 Å². The topological polar surface area (TPSA) is 391 Å². The molecule has 6 aromatic rings. The van der Waals surface area contributed by atoms with Crippen LogP contribution < -0.4 is 46.1 Å². The number of amides is 9. The number of phosphoric ester groups is 1. The number of hydrogen-bond donors (Lipinski definition) is 7. The van der Waals surface area contributed by atoms with E-state index in [1.807, 2.05) is 12.1 Å². The van der Waals surface area contributed by atoms with Gasteiger partial charge in [0.1, 0.15) is 24.9 Å². The summed E-state index contributed by atoms with van der Waals surface area (Å²) in [5, 5.41) is 13.1. The first kappa shape index (κ1) is 92.0. The monoisotopic (exact) mass is 1730 g/mol. The van der Waals surface area contributed by atoms with Crippen LogP contribution in [0.1, 0.15) is 87.4 Å². The number of thiophene rings is 1. The van der Waals surface area contributed by atoms with Crippen molar-refractivity contribution in [3.8, 4) is 11.5 Å². The van der Waals surface area contributed by atoms with Crippen LogP contribution in [0.5, 0.6) is 11.5 Å². The summed E-state index contributed by atoms with van der Waals surface area (Å²) in [6, 6.07) is 25.2. The Morgan fingerprint density at radius 3 is 1.63 bits per heavy atom. The molecule has 1 radical (unpaired) electrons. The van der Waals surface area contributed by atoms with E-state index in [1.54, 1.807) is 97.6 Å². The first-order chi connectivity index (χ1) is 53.4. The van der Waals surface area contributed by atoms with Gasteiger partial charge in [0, 0.05) is 151 Å². The Hall–Kier alpha value is -7.15. The summed E-state index contributed by atoms with van der Waals surface area (Å²) >= 11 is 18.7. The second kappa shape index (κ2) is 47.0. The van der Waals surface area contributed by atoms with Crippen LogP contribution in [0.4, 0.5) is 31.4 Å². The molecule has 0 saturated heterocycles. The van der Waals surface area contributed by atoms with Gasteiger partial charge in [-0.2, -0.15) is 0 Å². The fourth-order valence-electron chi connectivity index (χ4n) is 12.3. The minimum Gasteiger partial charge on any atom is -0.783 e. The average molecular weight is 1730 g/mol. The third kappa shape index (κ3) is 27.8. The molecule has 0 saturated carbocycles. The molecule has 3 heterocycles. The van der Waals surface area contributed by atoms with Crippen molar-refractivity contribution in [3.05, 3.63) is 124 Å². The third-order valence-electron chi connectivity index (χ3n) is 17.9. The van der Waals surface area contributed by atoms with Crippen LogP contribution in [-0.4, -0.2) is 236 Å². The van der Waals surface area contributed by atoms with Gasteiger partial charge in [0.05, 0.1) is 113 Å². The van der Waals surface area contributed by atoms with E-state index in [0.717, 1.165) is 22.5 Å². The van der Waals surface area contributed by atoms with Gasteiger partial charge in [0.15, 0.2) is 11.7 Å². The summed E-state index contributed by atoms with van der Waals surface area (Å²) in [7, 11) is -2.00. The molecule has 607 valence electrons. The molecule has 5 aromatic carbocycles. The number of nitrogens with zero attached hydrogens (tertiary/aromatic N) is 4. The summed E-state index contributed by atoms with van der Waals surface area (Å²) in [6.07, 6.45) is -1.26. The van der Waals surface area contributed by atoms with Crippen LogP contribution in [0.25, 0.3) is 21.5 Å². The number of carbonyl (C=O) groups excluding carboxylic acids is 9. The molecular formula is C75H95Cl2N9O22PS2Y-. The standard InChI is InChI=1S/C75H96Cl2N9O22PS2.Y/c1-48(2)69(82-65(88)21-26-104-47-105-37-36-103-35-34-102-33-32-101-31-30-100-29-28-99-27-23-79-66(89)46-110)60(87)38-50(10-9-22-80-73(78)93)70(90)81-53-17-15-49(16-18-53)45-106-74(94)83(3)24-25-84(4)75(95)107-61-39-58-67(56-13-7-5-11-54(56)61)51(41-76)43-85(58)71(91)63-19-20-64(111-63)72(92)86-44-52(42-77)68-57-14-8-6-12-55(57)62(40-59(68)86)108-109(96,97)98;/h5-8,11-20,39-40,48,50-52,69,110H,9-10,21-38,41-47H2,1-4H3,(H,79,89)(H,81,90)(H,82,88)(H3,78,80,93)(H2,96,97,98);/p-1/t50-,51?,52?,69?;/m1./s1. The van der Waals surface area contributed by atoms with E-state index in [2.05, 4.69) is 33.9 Å². The maximum atomic E-state index is 14.7. The molecular weight excluding hydrogens is 1630 g/mol. The Bertz CT molecular complexity index is 4210. The van der Waals surface area contributed by atoms with Gasteiger partial charge in [-0.3, -0.25) is 38.6 Å². The van der Waals surface area contributed by atoms with Crippen molar-refractivity contribution in [2.45, 2.75) is 64.0 Å². The maximum absolute atomic E-state index is 14.7. The molecule has 0 fully saturated rings. The number of halogens is 2. The predicted octanol–water partition coefficient (Wildman–Crippen LogP) is 8.42. The van der Waals surface area contributed by atoms with Crippen LogP contribution in [-0.2, 0) is 114 Å². The van der Waals surface area contributed by atoms with Crippen LogP contribution in [0.3, 0.4) is 0 Å². The molecule has 3 unspecified atom stereocenters. The number of urea groups is 1. The van der Waals surface area contributed by atoms with Gasteiger partial charge < -0.3 is 106 Å². The van der Waals surface area contributed by atoms with Crippen LogP contribution in [0, 0.1) is 11.8 Å². The van der Waals surface area contributed by atoms with E-state index >= 15 is 0 Å². The van der Waals surface area contributed by atoms with E-state index in [4.69, 9.17) is 76.1 Å². The molecule has 0 spiro atoms. The number of alkyl halides is 2. The average Bonchev–Trinajstić information content (AvgIpc) is 1.58. The number of nitrogens with two attached hydrogens (primary N) is 1. The van der Waals surface area contributed by atoms with E-state index in [0.29, 0.717) is 123 Å². The summed E-state index contributed by atoms with van der Waals surface area (Å²) in [6.45, 7) is 8.27. The van der Waals surface area contributed by atoms with Gasteiger partial charge in [-0.15, -0.1) is 34.5 Å². The zero-order valence-corrected chi connectivity index (χ0v) is 69.6. The molecule has 1 aromatic heterocycles. The van der Waals surface area contributed by atoms with Crippen molar-refractivity contribution in [3.63, 3.8) is 0 Å². The Morgan fingerprint density at radius 1 is 0.634 bits per heavy atom. The Labute approximate surface area is 693 Å². The number of fused-ring (bicyclic) bond motifs is 6. The van der Waals surface area contributed by atoms with E-state index < -0.39 is 61.6 Å². The Morgan fingerprint density at radius 2 is 1.12 bits per heavy atom. The zero-order chi connectivity index (χ0) is 80.0. The first-order valence-corrected chi connectivity index (χ1v) is 40.1. The third-order valence-corrected chi connectivity index (χ3v) is 20.4. The molecule has 37 heteroatoms. The second-order valence-corrected chi connectivity index (χ2v) is 29.4. The number of carbonyl (C=O) groups is 9. The normalized spacial score (nSPS) is 14.2. The number of nitrogens with one attached hydrogen (secondary N) is 4. The maximum Gasteiger partial charge on any atom is 0.524 e. The smallest absolute Gasteiger partial charge is 0.524 e. The molecule has 2 aliphatic rings. The van der Waals surface area contributed by atoms with Gasteiger partial charge in [-0.25, -0.2) is 18.9 Å². The quantitative estimate of drug-likeness (QED) is 0.00619. The van der Waals surface area contributed by atoms with E-state index in [9.17, 15) is 57.5 Å². The number of benzene rings is 5. The molecule has 8 rings (SSSR count). The summed E-state index contributed by atoms with van der Waals surface area (Å²) in [4.78, 5) is 145. The number of Topliss-reactive ketones (excluding diaryl/α,β-unsaturated/α-hetero) is 1. The first-order valence-electron chi connectivity index (χ1n) is 36.1. The number of hydrogen-bond acceptors (Lipinski definition) is 22. The van der Waals surface area contributed by atoms with Crippen molar-refractivity contribution < 1.29 is 137 Å². The number of ether oxygens (including phenoxy) is 9. The largest absolute Gasteiger partial charge is 0.783 e. The number of rotatable bonds is 47. The van der Waals surface area contributed by atoms with Crippen LogP contribution in [0.2, 0.25) is 0 Å². The summed E-state index contributed by atoms with van der Waals surface area (Å²) in [5.74, 6) is -3.90. The molecule has 2 aliphatic heterocycles. The molecule has 31 nitrogen and oxygen atoms in total. The molecule has 8 N–H and O–H groups in total. The number of likely N-dealkylation sites (N-methyl/N-ethyl adjacent to an activating group) is 2. The van der Waals surface area contributed by atoms with Gasteiger partial charge in [0.2, 0.25) is 11.8 Å². The van der Waals surface area contributed by atoms with Crippen molar-refractivity contribution in [1.29, 1.82) is 0 Å². The number of phosphoric acid groups is 1. The van der Waals surface area contributed by atoms with Crippen LogP contribution in [0.15, 0.2) is 97.1 Å². The van der Waals surface area contributed by atoms with Gasteiger partial charge >= 0.3 is 26.0 Å². The van der Waals surface area contributed by atoms with Crippen molar-refractivity contribution in [2.75, 3.05) is 172 Å². The number of primary amides is 1. The number of ketones is 1. The molecule has 4 atom stereocenters. The summed E-state index contributed by atoms with van der Waals surface area (Å²) < 4.78 is 67.0. The fourth-order valence-corrected chi connectivity index (χ4v) is 14.2. The molecule has 0 bridgehead atoms. The minimum atomic E-state index is -5.01. The van der Waals surface area contributed by atoms with Crippen molar-refractivity contribution in [2.24, 2.45) is 17.6 Å². The fraction of sp³-hybridized carbons (Fsp3) is 0.480. The van der Waals surface area contributed by atoms with Gasteiger partial charge in [0.25, 0.3) is 11.8 Å². The zero-order valence-electron chi connectivity index (χ0n) is 62.7. The molecule has 9 amide bonds. The predicted molar refractivity (Wildman–Crippen MR) is 419 cm³/mol. The van der Waals surface area contributed by atoms with E-state index in [1.165, 1.54) is 34.9 Å². The van der Waals surface area contributed by atoms with Crippen molar-refractivity contribution >= 4 is 147 Å².